The Morgan fingerprint density at radius 1 is 1.50 bits per heavy atom. The van der Waals surface area contributed by atoms with Crippen molar-refractivity contribution < 1.29 is 14.6 Å². The molecule has 0 radical (unpaired) electrons. The lowest BCUT2D eigenvalue weighted by molar-refractivity contribution is 0.0870. The predicted molar refractivity (Wildman–Crippen MR) is 77.3 cm³/mol. The van der Waals surface area contributed by atoms with Crippen LogP contribution in [0, 0.1) is 0 Å². The molecule has 0 unspecified atom stereocenters. The third-order valence-corrected chi connectivity index (χ3v) is 3.49. The van der Waals surface area contributed by atoms with Gasteiger partial charge < -0.3 is 19.6 Å². The van der Waals surface area contributed by atoms with Crippen LogP contribution in [0.2, 0.25) is 0 Å². The molecular weight excluding hydrogens is 328 g/mol. The van der Waals surface area contributed by atoms with E-state index >= 15 is 0 Å². The maximum atomic E-state index is 10.9. The SMILES string of the molecule is CN(C)c1ncc(Br)nc1OC1CCN(C(=O)O)CC1. The Bertz CT molecular complexity index is 490. The minimum atomic E-state index is -0.875. The molecule has 0 atom stereocenters. The summed E-state index contributed by atoms with van der Waals surface area (Å²) in [4.78, 5) is 22.7. The highest BCUT2D eigenvalue weighted by Gasteiger charge is 2.25. The van der Waals surface area contributed by atoms with E-state index in [9.17, 15) is 4.79 Å². The van der Waals surface area contributed by atoms with E-state index in [2.05, 4.69) is 25.9 Å². The van der Waals surface area contributed by atoms with Gasteiger partial charge in [-0.05, 0) is 15.9 Å². The highest BCUT2D eigenvalue weighted by molar-refractivity contribution is 9.10. The van der Waals surface area contributed by atoms with Gasteiger partial charge in [-0.15, -0.1) is 0 Å². The minimum absolute atomic E-state index is 0.0344. The topological polar surface area (TPSA) is 78.8 Å². The molecule has 0 aromatic carbocycles. The van der Waals surface area contributed by atoms with Crippen molar-refractivity contribution in [2.75, 3.05) is 32.1 Å². The maximum Gasteiger partial charge on any atom is 0.407 e. The number of piperidine rings is 1. The summed E-state index contributed by atoms with van der Waals surface area (Å²) in [7, 11) is 3.75. The summed E-state index contributed by atoms with van der Waals surface area (Å²) in [5.74, 6) is 1.13. The molecular formula is C12H17BrN4O3. The van der Waals surface area contributed by atoms with E-state index in [0.717, 1.165) is 0 Å². The first kappa shape index (κ1) is 14.8. The Labute approximate surface area is 125 Å². The Kier molecular flexibility index (Phi) is 4.64. The van der Waals surface area contributed by atoms with Crippen LogP contribution in [-0.4, -0.2) is 59.4 Å². The number of carboxylic acid groups (broad SMARTS) is 1. The van der Waals surface area contributed by atoms with Crippen molar-refractivity contribution in [1.29, 1.82) is 0 Å². The molecule has 1 fully saturated rings. The lowest BCUT2D eigenvalue weighted by Crippen LogP contribution is -2.41. The van der Waals surface area contributed by atoms with Gasteiger partial charge in [-0.3, -0.25) is 0 Å². The van der Waals surface area contributed by atoms with E-state index in [1.165, 1.54) is 4.90 Å². The Balaban J connectivity index is 2.04. The second-order valence-corrected chi connectivity index (χ2v) is 5.62. The zero-order valence-electron chi connectivity index (χ0n) is 11.4. The Morgan fingerprint density at radius 2 is 2.15 bits per heavy atom. The number of ether oxygens (including phenoxy) is 1. The average molecular weight is 345 g/mol. The number of hydrogen-bond donors (Lipinski definition) is 1. The standard InChI is InChI=1S/C12H17BrN4O3/c1-16(2)10-11(15-9(13)7-14-10)20-8-3-5-17(6-4-8)12(18)19/h7-8H,3-6H2,1-2H3,(H,18,19). The Hall–Kier alpha value is -1.57. The predicted octanol–water partition coefficient (Wildman–Crippen LogP) is 1.83. The zero-order chi connectivity index (χ0) is 14.7. The fraction of sp³-hybridized carbons (Fsp3) is 0.583. The highest BCUT2D eigenvalue weighted by atomic mass is 79.9. The van der Waals surface area contributed by atoms with Crippen LogP contribution >= 0.6 is 15.9 Å². The fourth-order valence-electron chi connectivity index (χ4n) is 2.05. The van der Waals surface area contributed by atoms with E-state index in [-0.39, 0.29) is 6.10 Å². The molecule has 20 heavy (non-hydrogen) atoms. The van der Waals surface area contributed by atoms with Crippen LogP contribution in [0.5, 0.6) is 5.88 Å². The molecule has 8 heteroatoms. The van der Waals surface area contributed by atoms with Crippen LogP contribution in [0.4, 0.5) is 10.6 Å². The van der Waals surface area contributed by atoms with Gasteiger partial charge in [0.15, 0.2) is 5.82 Å². The first-order valence-corrected chi connectivity index (χ1v) is 7.11. The zero-order valence-corrected chi connectivity index (χ0v) is 13.0. The van der Waals surface area contributed by atoms with Gasteiger partial charge in [0.2, 0.25) is 0 Å². The van der Waals surface area contributed by atoms with Gasteiger partial charge in [0.25, 0.3) is 5.88 Å². The number of nitrogens with zero attached hydrogens (tertiary/aromatic N) is 4. The quantitative estimate of drug-likeness (QED) is 0.900. The lowest BCUT2D eigenvalue weighted by Gasteiger charge is -2.30. The molecule has 0 aliphatic carbocycles. The van der Waals surface area contributed by atoms with Crippen LogP contribution in [0.25, 0.3) is 0 Å². The summed E-state index contributed by atoms with van der Waals surface area (Å²) in [5, 5.41) is 8.92. The second-order valence-electron chi connectivity index (χ2n) is 4.80. The van der Waals surface area contributed by atoms with Crippen molar-refractivity contribution in [2.24, 2.45) is 0 Å². The highest BCUT2D eigenvalue weighted by Crippen LogP contribution is 2.26. The summed E-state index contributed by atoms with van der Waals surface area (Å²) >= 11 is 3.28. The molecule has 2 heterocycles. The minimum Gasteiger partial charge on any atom is -0.472 e. The Morgan fingerprint density at radius 3 is 2.70 bits per heavy atom. The number of carbonyl (C=O) groups is 1. The third kappa shape index (κ3) is 3.50. The molecule has 1 aliphatic heterocycles. The number of aromatic nitrogens is 2. The van der Waals surface area contributed by atoms with Gasteiger partial charge in [-0.1, -0.05) is 0 Å². The van der Waals surface area contributed by atoms with Crippen molar-refractivity contribution >= 4 is 27.8 Å². The summed E-state index contributed by atoms with van der Waals surface area (Å²) in [6.07, 6.45) is 2.03. The van der Waals surface area contributed by atoms with Gasteiger partial charge in [0.05, 0.1) is 6.20 Å². The van der Waals surface area contributed by atoms with Crippen molar-refractivity contribution in [3.63, 3.8) is 0 Å². The first-order valence-electron chi connectivity index (χ1n) is 6.31. The van der Waals surface area contributed by atoms with Crippen LogP contribution in [0.15, 0.2) is 10.8 Å². The van der Waals surface area contributed by atoms with E-state index in [0.29, 0.717) is 42.2 Å². The number of hydrogen-bond acceptors (Lipinski definition) is 5. The maximum absolute atomic E-state index is 10.9. The number of anilines is 1. The molecule has 7 nitrogen and oxygen atoms in total. The van der Waals surface area contributed by atoms with Gasteiger partial charge in [-0.2, -0.15) is 0 Å². The monoisotopic (exact) mass is 344 g/mol. The molecule has 1 aromatic rings. The number of rotatable bonds is 3. The average Bonchev–Trinajstić information content (AvgIpc) is 2.39. The van der Waals surface area contributed by atoms with E-state index in [1.54, 1.807) is 6.20 Å². The molecule has 110 valence electrons. The van der Waals surface area contributed by atoms with Crippen molar-refractivity contribution in [2.45, 2.75) is 18.9 Å². The summed E-state index contributed by atoms with van der Waals surface area (Å²) in [5.41, 5.74) is 0. The third-order valence-electron chi connectivity index (χ3n) is 3.11. The van der Waals surface area contributed by atoms with Crippen molar-refractivity contribution in [3.8, 4) is 5.88 Å². The fourth-order valence-corrected chi connectivity index (χ4v) is 2.32. The molecule has 2 rings (SSSR count). The van der Waals surface area contributed by atoms with Gasteiger partial charge in [-0.25, -0.2) is 14.8 Å². The number of likely N-dealkylation sites (tertiary alicyclic amines) is 1. The number of amides is 1. The van der Waals surface area contributed by atoms with Gasteiger partial charge in [0.1, 0.15) is 10.7 Å². The van der Waals surface area contributed by atoms with E-state index < -0.39 is 6.09 Å². The molecule has 1 N–H and O–H groups in total. The van der Waals surface area contributed by atoms with Gasteiger partial charge in [0, 0.05) is 40.0 Å². The van der Waals surface area contributed by atoms with E-state index in [1.807, 2.05) is 19.0 Å². The van der Waals surface area contributed by atoms with Crippen LogP contribution in [0.3, 0.4) is 0 Å². The number of halogens is 1. The van der Waals surface area contributed by atoms with Crippen molar-refractivity contribution in [3.05, 3.63) is 10.8 Å². The van der Waals surface area contributed by atoms with Crippen LogP contribution in [0.1, 0.15) is 12.8 Å². The smallest absolute Gasteiger partial charge is 0.407 e. The molecule has 1 saturated heterocycles. The van der Waals surface area contributed by atoms with Crippen LogP contribution in [-0.2, 0) is 0 Å². The van der Waals surface area contributed by atoms with E-state index in [4.69, 9.17) is 9.84 Å². The molecule has 1 aromatic heterocycles. The molecule has 0 spiro atoms. The lowest BCUT2D eigenvalue weighted by atomic mass is 10.1. The first-order chi connectivity index (χ1) is 9.47. The normalized spacial score (nSPS) is 16.1. The van der Waals surface area contributed by atoms with Gasteiger partial charge >= 0.3 is 6.09 Å². The summed E-state index contributed by atoms with van der Waals surface area (Å²) < 4.78 is 6.50. The van der Waals surface area contributed by atoms with Crippen molar-refractivity contribution in [1.82, 2.24) is 14.9 Å². The summed E-state index contributed by atoms with van der Waals surface area (Å²) in [6, 6.07) is 0. The largest absolute Gasteiger partial charge is 0.472 e. The second kappa shape index (κ2) is 6.25. The molecule has 1 aliphatic rings. The molecule has 0 saturated carbocycles. The molecule has 0 bridgehead atoms. The summed E-state index contributed by atoms with van der Waals surface area (Å²) in [6.45, 7) is 0.970. The molecule has 1 amide bonds. The van der Waals surface area contributed by atoms with Crippen LogP contribution < -0.4 is 9.64 Å².